The maximum atomic E-state index is 13.0. The van der Waals surface area contributed by atoms with Gasteiger partial charge in [0.25, 0.3) is 5.91 Å². The third-order valence-electron chi connectivity index (χ3n) is 4.04. The maximum Gasteiger partial charge on any atom is 0.314 e. The predicted octanol–water partition coefficient (Wildman–Crippen LogP) is 2.65. The molecule has 132 valence electrons. The predicted molar refractivity (Wildman–Crippen MR) is 95.0 cm³/mol. The molecule has 0 bridgehead atoms. The second-order valence-electron chi connectivity index (χ2n) is 5.66. The van der Waals surface area contributed by atoms with E-state index < -0.39 is 10.1 Å². The molecule has 0 saturated heterocycles. The zero-order valence-corrected chi connectivity index (χ0v) is 15.1. The first-order chi connectivity index (χ1) is 11.8. The molecule has 9 heteroatoms. The number of nitrogens with zero attached hydrogens (tertiary/aromatic N) is 1. The average molecular weight is 382 g/mol. The van der Waals surface area contributed by atoms with Gasteiger partial charge in [0.1, 0.15) is 11.1 Å². The van der Waals surface area contributed by atoms with E-state index in [0.717, 1.165) is 11.3 Å². The summed E-state index contributed by atoms with van der Waals surface area (Å²) in [4.78, 5) is 14.2. The van der Waals surface area contributed by atoms with Gasteiger partial charge in [-0.15, -0.1) is 0 Å². The summed E-state index contributed by atoms with van der Waals surface area (Å²) in [5, 5.41) is 3.07. The highest BCUT2D eigenvalue weighted by molar-refractivity contribution is 7.86. The van der Waals surface area contributed by atoms with Crippen LogP contribution in [0.5, 0.6) is 0 Å². The Labute approximate surface area is 150 Å². The van der Waals surface area contributed by atoms with Gasteiger partial charge in [-0.2, -0.15) is 18.6 Å². The van der Waals surface area contributed by atoms with E-state index in [-0.39, 0.29) is 27.6 Å². The largest absolute Gasteiger partial charge is 0.364 e. The van der Waals surface area contributed by atoms with Gasteiger partial charge < -0.3 is 5.32 Å². The van der Waals surface area contributed by atoms with Crippen molar-refractivity contribution < 1.29 is 17.5 Å². The quantitative estimate of drug-likeness (QED) is 0.792. The van der Waals surface area contributed by atoms with Gasteiger partial charge in [0.05, 0.1) is 16.3 Å². The molecule has 7 nitrogen and oxygen atoms in total. The number of anilines is 2. The molecule has 3 N–H and O–H groups in total. The van der Waals surface area contributed by atoms with Crippen LogP contribution in [-0.4, -0.2) is 20.5 Å². The lowest BCUT2D eigenvalue weighted by molar-refractivity contribution is 0.0976. The molecular formula is C16H16ClN3O4S. The molecule has 1 amide bonds. The minimum atomic E-state index is -4.24. The number of fused-ring (bicyclic) bond motifs is 1. The van der Waals surface area contributed by atoms with Crippen molar-refractivity contribution in [3.05, 3.63) is 52.5 Å². The fourth-order valence-electron chi connectivity index (χ4n) is 2.84. The first kappa shape index (κ1) is 17.7. The van der Waals surface area contributed by atoms with Gasteiger partial charge in [0, 0.05) is 5.69 Å². The van der Waals surface area contributed by atoms with Crippen LogP contribution >= 0.6 is 11.6 Å². The summed E-state index contributed by atoms with van der Waals surface area (Å²) in [7, 11) is -4.24. The Morgan fingerprint density at radius 1 is 1.28 bits per heavy atom. The fraction of sp³-hybridized carbons (Fsp3) is 0.188. The molecule has 3 rings (SSSR count). The molecule has 1 aliphatic heterocycles. The van der Waals surface area contributed by atoms with Crippen LogP contribution in [0, 0.1) is 6.92 Å². The van der Waals surface area contributed by atoms with Crippen LogP contribution < -0.4 is 16.1 Å². The lowest BCUT2D eigenvalue weighted by Gasteiger charge is -2.37. The molecular weight excluding hydrogens is 366 g/mol. The van der Waals surface area contributed by atoms with Crippen molar-refractivity contribution in [2.75, 3.05) is 10.2 Å². The number of aryl methyl sites for hydroxylation is 1. The number of hydrogen-bond acceptors (Lipinski definition) is 6. The molecule has 25 heavy (non-hydrogen) atoms. The van der Waals surface area contributed by atoms with Crippen molar-refractivity contribution in [3.8, 4) is 0 Å². The highest BCUT2D eigenvalue weighted by Gasteiger charge is 2.33. The second-order valence-corrected chi connectivity index (χ2v) is 7.61. The lowest BCUT2D eigenvalue weighted by Crippen LogP contribution is -2.47. The van der Waals surface area contributed by atoms with Gasteiger partial charge in [-0.25, -0.2) is 0 Å². The summed E-state index contributed by atoms with van der Waals surface area (Å²) >= 11 is 6.02. The van der Waals surface area contributed by atoms with Crippen molar-refractivity contribution >= 4 is 39.0 Å². The van der Waals surface area contributed by atoms with E-state index in [2.05, 4.69) is 9.60 Å². The number of rotatable bonds is 3. The Morgan fingerprint density at radius 3 is 2.60 bits per heavy atom. The van der Waals surface area contributed by atoms with E-state index in [0.29, 0.717) is 5.69 Å². The highest BCUT2D eigenvalue weighted by atomic mass is 35.5. The molecule has 0 aromatic heterocycles. The molecule has 1 unspecified atom stereocenters. The summed E-state index contributed by atoms with van der Waals surface area (Å²) in [6.07, 6.45) is -0.342. The van der Waals surface area contributed by atoms with E-state index in [9.17, 15) is 13.2 Å². The molecule has 2 aromatic rings. The van der Waals surface area contributed by atoms with Crippen molar-refractivity contribution in [2.45, 2.75) is 24.9 Å². The monoisotopic (exact) mass is 381 g/mol. The van der Waals surface area contributed by atoms with Gasteiger partial charge in [0.2, 0.25) is 0 Å². The van der Waals surface area contributed by atoms with Crippen LogP contribution in [0.4, 0.5) is 11.4 Å². The standard InChI is InChI=1S/C16H16ClN3O4S/c1-9-5-3-4-6-14(9)20-10(2)19-13-8-12(17)15(25(22,23)24-18)7-11(13)16(20)21/h3-8,10,19H,18H2,1-2H3. The lowest BCUT2D eigenvalue weighted by atomic mass is 10.1. The molecule has 0 fully saturated rings. The van der Waals surface area contributed by atoms with Crippen LogP contribution in [0.2, 0.25) is 5.02 Å². The molecule has 2 aromatic carbocycles. The number of carbonyl (C=O) groups is 1. The number of hydrogen-bond donors (Lipinski definition) is 2. The summed E-state index contributed by atoms with van der Waals surface area (Å²) in [5.41, 5.74) is 2.26. The zero-order chi connectivity index (χ0) is 18.4. The van der Waals surface area contributed by atoms with Crippen molar-refractivity contribution in [3.63, 3.8) is 0 Å². The van der Waals surface area contributed by atoms with Crippen LogP contribution in [0.25, 0.3) is 0 Å². The fourth-order valence-corrected chi connectivity index (χ4v) is 3.95. The molecule has 1 aliphatic rings. The normalized spacial score (nSPS) is 17.2. The Hall–Kier alpha value is -2.13. The van der Waals surface area contributed by atoms with Gasteiger partial charge >= 0.3 is 10.1 Å². The topological polar surface area (TPSA) is 102 Å². The van der Waals surface area contributed by atoms with Crippen LogP contribution in [-0.2, 0) is 14.4 Å². The number of carbonyl (C=O) groups excluding carboxylic acids is 1. The van der Waals surface area contributed by atoms with E-state index in [1.165, 1.54) is 12.1 Å². The summed E-state index contributed by atoms with van der Waals surface area (Å²) < 4.78 is 27.8. The van der Waals surface area contributed by atoms with E-state index >= 15 is 0 Å². The van der Waals surface area contributed by atoms with Crippen LogP contribution in [0.3, 0.4) is 0 Å². The maximum absolute atomic E-state index is 13.0. The SMILES string of the molecule is Cc1ccccc1N1C(=O)c2cc(S(=O)(=O)ON)c(Cl)cc2NC1C. The van der Waals surface area contributed by atoms with Crippen LogP contribution in [0.15, 0.2) is 41.3 Å². The smallest absolute Gasteiger partial charge is 0.314 e. The summed E-state index contributed by atoms with van der Waals surface area (Å²) in [6.45, 7) is 3.72. The third kappa shape index (κ3) is 2.98. The van der Waals surface area contributed by atoms with Gasteiger partial charge in [-0.05, 0) is 37.6 Å². The first-order valence-electron chi connectivity index (χ1n) is 7.39. The van der Waals surface area contributed by atoms with Gasteiger partial charge in [0.15, 0.2) is 0 Å². The van der Waals surface area contributed by atoms with E-state index in [1.807, 2.05) is 38.1 Å². The second kappa shape index (κ2) is 6.30. The first-order valence-corrected chi connectivity index (χ1v) is 9.17. The van der Waals surface area contributed by atoms with Gasteiger partial charge in [-0.3, -0.25) is 9.69 Å². The Balaban J connectivity index is 2.16. The number of nitrogens with two attached hydrogens (primary N) is 1. The van der Waals surface area contributed by atoms with Gasteiger partial charge in [-0.1, -0.05) is 29.8 Å². The molecule has 0 aliphatic carbocycles. The Kier molecular flexibility index (Phi) is 4.46. The minimum Gasteiger partial charge on any atom is -0.364 e. The third-order valence-corrected chi connectivity index (χ3v) is 5.60. The average Bonchev–Trinajstić information content (AvgIpc) is 2.55. The summed E-state index contributed by atoms with van der Waals surface area (Å²) in [5.74, 6) is 4.47. The molecule has 1 heterocycles. The highest BCUT2D eigenvalue weighted by Crippen LogP contribution is 2.36. The van der Waals surface area contributed by atoms with Crippen molar-refractivity contribution in [1.29, 1.82) is 0 Å². The molecule has 0 radical (unpaired) electrons. The van der Waals surface area contributed by atoms with Crippen molar-refractivity contribution in [1.82, 2.24) is 0 Å². The minimum absolute atomic E-state index is 0.0824. The number of benzene rings is 2. The van der Waals surface area contributed by atoms with E-state index in [4.69, 9.17) is 17.5 Å². The number of nitrogens with one attached hydrogen (secondary N) is 1. The summed E-state index contributed by atoms with van der Waals surface area (Å²) in [6, 6.07) is 9.98. The molecule has 0 spiro atoms. The van der Waals surface area contributed by atoms with Crippen LogP contribution in [0.1, 0.15) is 22.8 Å². The zero-order valence-electron chi connectivity index (χ0n) is 13.5. The Morgan fingerprint density at radius 2 is 1.96 bits per heavy atom. The Bertz CT molecular complexity index is 962. The molecule has 0 saturated carbocycles. The van der Waals surface area contributed by atoms with E-state index in [1.54, 1.807) is 4.90 Å². The number of halogens is 1. The molecule has 1 atom stereocenters. The number of amides is 1. The number of para-hydroxylation sites is 1. The van der Waals surface area contributed by atoms with Crippen molar-refractivity contribution in [2.24, 2.45) is 5.90 Å².